The highest BCUT2D eigenvalue weighted by molar-refractivity contribution is 6.02. The Morgan fingerprint density at radius 2 is 1.20 bits per heavy atom. The highest BCUT2D eigenvalue weighted by Crippen LogP contribution is 2.20. The molecule has 2 N–H and O–H groups in total. The van der Waals surface area contributed by atoms with Crippen LogP contribution in [0.4, 0.5) is 0 Å². The molecule has 2 unspecified atom stereocenters. The van der Waals surface area contributed by atoms with Gasteiger partial charge in [-0.25, -0.2) is 0 Å². The van der Waals surface area contributed by atoms with E-state index in [-0.39, 0.29) is 11.8 Å². The summed E-state index contributed by atoms with van der Waals surface area (Å²) in [6.45, 7) is 4.91. The van der Waals surface area contributed by atoms with Gasteiger partial charge in [0.15, 0.2) is 0 Å². The summed E-state index contributed by atoms with van der Waals surface area (Å²) in [5.74, 6) is -0.305. The fraction of sp³-hybridized carbons (Fsp3) is 0.250. The number of allylic oxidation sites excluding steroid dienone is 2. The van der Waals surface area contributed by atoms with Crippen LogP contribution in [-0.2, 0) is 0 Å². The highest BCUT2D eigenvalue weighted by atomic mass is 16.2. The molecule has 0 aromatic heterocycles. The number of hydrogen-bond donors (Lipinski definition) is 2. The van der Waals surface area contributed by atoms with E-state index in [9.17, 15) is 9.59 Å². The molecule has 0 saturated carbocycles. The number of dihydropyridines is 2. The molecule has 0 fully saturated rings. The van der Waals surface area contributed by atoms with Gasteiger partial charge in [0.1, 0.15) is 0 Å². The topological polar surface area (TPSA) is 82.9 Å². The molecule has 0 saturated heterocycles. The normalized spacial score (nSPS) is 24.7. The maximum atomic E-state index is 12.7. The Labute approximate surface area is 175 Å². The van der Waals surface area contributed by atoms with Gasteiger partial charge in [-0.3, -0.25) is 19.6 Å². The van der Waals surface area contributed by atoms with Gasteiger partial charge < -0.3 is 10.6 Å². The number of benzene rings is 2. The van der Waals surface area contributed by atoms with Crippen LogP contribution in [0.1, 0.15) is 34.6 Å². The minimum Gasteiger partial charge on any atom is -0.342 e. The summed E-state index contributed by atoms with van der Waals surface area (Å²) >= 11 is 0. The van der Waals surface area contributed by atoms with E-state index in [2.05, 4.69) is 20.6 Å². The average Bonchev–Trinajstić information content (AvgIpc) is 2.73. The summed E-state index contributed by atoms with van der Waals surface area (Å²) in [7, 11) is 0. The molecule has 0 radical (unpaired) electrons. The Hall–Kier alpha value is -3.54. The largest absolute Gasteiger partial charge is 0.342 e. The molecule has 4 rings (SSSR count). The van der Waals surface area contributed by atoms with Crippen molar-refractivity contribution in [3.8, 4) is 0 Å². The molecule has 0 aliphatic carbocycles. The third kappa shape index (κ3) is 4.22. The Kier molecular flexibility index (Phi) is 5.08. The van der Waals surface area contributed by atoms with Crippen LogP contribution in [-0.4, -0.2) is 48.4 Å². The average molecular weight is 400 g/mol. The van der Waals surface area contributed by atoms with Gasteiger partial charge in [-0.15, -0.1) is 0 Å². The number of fused-ring (bicyclic) bond motifs is 1. The number of amides is 2. The molecule has 152 valence electrons. The molecule has 2 aliphatic rings. The van der Waals surface area contributed by atoms with Crippen LogP contribution >= 0.6 is 0 Å². The van der Waals surface area contributed by atoms with Crippen LogP contribution in [0.5, 0.6) is 0 Å². The third-order valence-electron chi connectivity index (χ3n) is 5.31. The predicted molar refractivity (Wildman–Crippen MR) is 121 cm³/mol. The van der Waals surface area contributed by atoms with Gasteiger partial charge in [0.2, 0.25) is 0 Å². The second-order valence-corrected chi connectivity index (χ2v) is 8.22. The first kappa shape index (κ1) is 19.8. The Morgan fingerprint density at radius 1 is 0.767 bits per heavy atom. The van der Waals surface area contributed by atoms with Crippen molar-refractivity contribution < 1.29 is 9.59 Å². The Morgan fingerprint density at radius 3 is 1.57 bits per heavy atom. The zero-order valence-corrected chi connectivity index (χ0v) is 17.1. The fourth-order valence-electron chi connectivity index (χ4n) is 3.58. The van der Waals surface area contributed by atoms with Crippen molar-refractivity contribution in [1.82, 2.24) is 10.6 Å². The van der Waals surface area contributed by atoms with Gasteiger partial charge in [0, 0.05) is 23.6 Å². The van der Waals surface area contributed by atoms with E-state index in [1.54, 1.807) is 24.6 Å². The van der Waals surface area contributed by atoms with Gasteiger partial charge in [-0.1, -0.05) is 24.3 Å². The third-order valence-corrected chi connectivity index (χ3v) is 5.31. The molecule has 6 heteroatoms. The number of carbonyl (C=O) groups is 2. The van der Waals surface area contributed by atoms with Crippen molar-refractivity contribution >= 4 is 35.0 Å². The van der Waals surface area contributed by atoms with E-state index >= 15 is 0 Å². The van der Waals surface area contributed by atoms with Gasteiger partial charge in [0.25, 0.3) is 11.8 Å². The smallest absolute Gasteiger partial charge is 0.252 e. The summed E-state index contributed by atoms with van der Waals surface area (Å²) < 4.78 is 0. The minimum atomic E-state index is -0.490. The standard InChI is InChI=1S/C24H24N4O2/c1-23(9-3-11-25-15-23)27-21(29)19-7-5-18-14-20(8-6-17(18)13-19)22(30)28-24(2)10-4-12-26-16-24/h3-14H,15-16H2,1-2H3,(H,27,29)(H,28,30). The van der Waals surface area contributed by atoms with E-state index < -0.39 is 11.1 Å². The van der Waals surface area contributed by atoms with E-state index in [1.807, 2.05) is 62.4 Å². The first-order valence-corrected chi connectivity index (χ1v) is 9.90. The summed E-state index contributed by atoms with van der Waals surface area (Å²) in [5, 5.41) is 7.86. The van der Waals surface area contributed by atoms with Crippen LogP contribution in [0.3, 0.4) is 0 Å². The van der Waals surface area contributed by atoms with E-state index in [0.717, 1.165) is 10.8 Å². The summed E-state index contributed by atoms with van der Waals surface area (Å²) in [6, 6.07) is 11.0. The van der Waals surface area contributed by atoms with Crippen LogP contribution in [0.15, 0.2) is 70.7 Å². The maximum Gasteiger partial charge on any atom is 0.252 e. The molecule has 2 aromatic rings. The molecule has 0 bridgehead atoms. The molecule has 2 amide bonds. The van der Waals surface area contributed by atoms with Crippen molar-refractivity contribution in [3.05, 3.63) is 71.8 Å². The van der Waals surface area contributed by atoms with Crippen LogP contribution in [0, 0.1) is 0 Å². The summed E-state index contributed by atoms with van der Waals surface area (Å²) in [4.78, 5) is 33.9. The number of carbonyl (C=O) groups excluding carboxylic acids is 2. The fourth-order valence-corrected chi connectivity index (χ4v) is 3.58. The number of rotatable bonds is 4. The quantitative estimate of drug-likeness (QED) is 0.827. The first-order chi connectivity index (χ1) is 14.4. The highest BCUT2D eigenvalue weighted by Gasteiger charge is 2.26. The number of nitrogens with one attached hydrogen (secondary N) is 2. The lowest BCUT2D eigenvalue weighted by Crippen LogP contribution is -2.47. The first-order valence-electron chi connectivity index (χ1n) is 9.90. The van der Waals surface area contributed by atoms with Gasteiger partial charge in [-0.05, 0) is 61.0 Å². The van der Waals surface area contributed by atoms with Crippen molar-refractivity contribution in [2.75, 3.05) is 13.1 Å². The van der Waals surface area contributed by atoms with Crippen LogP contribution in [0.2, 0.25) is 0 Å². The van der Waals surface area contributed by atoms with Crippen molar-refractivity contribution in [2.24, 2.45) is 9.98 Å². The molecule has 2 aliphatic heterocycles. The number of nitrogens with zero attached hydrogens (tertiary/aromatic N) is 2. The van der Waals surface area contributed by atoms with E-state index in [1.165, 1.54) is 0 Å². The Balaban J connectivity index is 1.51. The summed E-state index contributed by atoms with van der Waals surface area (Å²) in [6.07, 6.45) is 11.0. The zero-order chi connectivity index (χ0) is 21.2. The Bertz CT molecular complexity index is 1040. The van der Waals surface area contributed by atoms with E-state index in [0.29, 0.717) is 24.2 Å². The molecule has 0 spiro atoms. The number of hydrogen-bond acceptors (Lipinski definition) is 4. The van der Waals surface area contributed by atoms with Crippen LogP contribution < -0.4 is 10.6 Å². The summed E-state index contributed by atoms with van der Waals surface area (Å²) in [5.41, 5.74) is 0.163. The second-order valence-electron chi connectivity index (χ2n) is 8.22. The van der Waals surface area contributed by atoms with Crippen molar-refractivity contribution in [3.63, 3.8) is 0 Å². The van der Waals surface area contributed by atoms with Gasteiger partial charge >= 0.3 is 0 Å². The van der Waals surface area contributed by atoms with Crippen LogP contribution in [0.25, 0.3) is 10.8 Å². The molecule has 2 aromatic carbocycles. The molecular formula is C24H24N4O2. The lowest BCUT2D eigenvalue weighted by Gasteiger charge is -2.27. The second kappa shape index (κ2) is 7.71. The molecule has 2 heterocycles. The predicted octanol–water partition coefficient (Wildman–Crippen LogP) is 3.10. The zero-order valence-electron chi connectivity index (χ0n) is 17.1. The SMILES string of the molecule is CC1(NC(=O)c2ccc3cc(C(=O)NC4(C)C=CC=NC4)ccc3c2)C=CC=NC1. The van der Waals surface area contributed by atoms with Crippen molar-refractivity contribution in [2.45, 2.75) is 24.9 Å². The molecule has 2 atom stereocenters. The van der Waals surface area contributed by atoms with Gasteiger partial charge in [0.05, 0.1) is 24.2 Å². The van der Waals surface area contributed by atoms with E-state index in [4.69, 9.17) is 0 Å². The van der Waals surface area contributed by atoms with Crippen molar-refractivity contribution in [1.29, 1.82) is 0 Å². The lowest BCUT2D eigenvalue weighted by molar-refractivity contribution is 0.0915. The monoisotopic (exact) mass is 400 g/mol. The lowest BCUT2D eigenvalue weighted by atomic mass is 9.98. The maximum absolute atomic E-state index is 12.7. The molecule has 30 heavy (non-hydrogen) atoms. The molecular weight excluding hydrogens is 376 g/mol. The van der Waals surface area contributed by atoms with Gasteiger partial charge in [-0.2, -0.15) is 0 Å². The minimum absolute atomic E-state index is 0.152. The number of aliphatic imine (C=N–C) groups is 2. The molecule has 6 nitrogen and oxygen atoms in total.